The fourth-order valence-electron chi connectivity index (χ4n) is 7.83. The molecule has 0 radical (unpaired) electrons. The van der Waals surface area contributed by atoms with Crippen LogP contribution in [0.3, 0.4) is 0 Å². The SMILES string of the molecule is CCC(C)C(=O)OC1CC2CC(C(=O)OCOCC3C4CC5CC(C4)CC3C5)C1C2. The van der Waals surface area contributed by atoms with Crippen molar-refractivity contribution >= 4 is 11.9 Å². The van der Waals surface area contributed by atoms with Gasteiger partial charge in [0.2, 0.25) is 0 Å². The summed E-state index contributed by atoms with van der Waals surface area (Å²) in [5.41, 5.74) is 0. The largest absolute Gasteiger partial charge is 0.462 e. The van der Waals surface area contributed by atoms with Crippen LogP contribution in [0.2, 0.25) is 0 Å². The lowest BCUT2D eigenvalue weighted by molar-refractivity contribution is -0.173. The van der Waals surface area contributed by atoms with Gasteiger partial charge in [-0.2, -0.15) is 0 Å². The molecule has 0 heterocycles. The average Bonchev–Trinajstić information content (AvgIpc) is 3.32. The van der Waals surface area contributed by atoms with E-state index in [0.717, 1.165) is 56.0 Å². The van der Waals surface area contributed by atoms with Gasteiger partial charge in [-0.1, -0.05) is 13.8 Å². The standard InChI is InChI=1S/C25H38O5/c1-3-14(2)24(26)30-23-11-17-9-20(23)21(10-17)25(27)29-13-28-12-22-18-5-15-4-16(7-18)8-19(22)6-15/h14-23H,3-13H2,1-2H3. The molecule has 5 atom stereocenters. The lowest BCUT2D eigenvalue weighted by Crippen LogP contribution is -2.46. The van der Waals surface area contributed by atoms with Gasteiger partial charge in [0.25, 0.3) is 0 Å². The van der Waals surface area contributed by atoms with Gasteiger partial charge in [-0.15, -0.1) is 0 Å². The molecule has 6 fully saturated rings. The van der Waals surface area contributed by atoms with Crippen molar-refractivity contribution in [1.82, 2.24) is 0 Å². The Labute approximate surface area is 180 Å². The van der Waals surface area contributed by atoms with Crippen molar-refractivity contribution in [3.8, 4) is 0 Å². The summed E-state index contributed by atoms with van der Waals surface area (Å²) in [7, 11) is 0. The second-order valence-corrected chi connectivity index (χ2v) is 11.2. The van der Waals surface area contributed by atoms with Crippen LogP contribution < -0.4 is 0 Å². The highest BCUT2D eigenvalue weighted by atomic mass is 16.7. The van der Waals surface area contributed by atoms with Gasteiger partial charge < -0.3 is 14.2 Å². The van der Waals surface area contributed by atoms with E-state index in [1.54, 1.807) is 0 Å². The van der Waals surface area contributed by atoms with Crippen molar-refractivity contribution in [2.24, 2.45) is 53.3 Å². The fourth-order valence-corrected chi connectivity index (χ4v) is 7.83. The van der Waals surface area contributed by atoms with Crippen LogP contribution in [-0.4, -0.2) is 31.4 Å². The molecule has 0 aromatic carbocycles. The molecule has 6 aliphatic carbocycles. The Balaban J connectivity index is 1.06. The van der Waals surface area contributed by atoms with Crippen LogP contribution >= 0.6 is 0 Å². The average molecular weight is 419 g/mol. The maximum absolute atomic E-state index is 12.7. The van der Waals surface area contributed by atoms with Gasteiger partial charge in [0, 0.05) is 5.92 Å². The molecule has 5 unspecified atom stereocenters. The minimum absolute atomic E-state index is 0.0758. The lowest BCUT2D eigenvalue weighted by atomic mass is 9.52. The highest BCUT2D eigenvalue weighted by Gasteiger charge is 2.52. The second-order valence-electron chi connectivity index (χ2n) is 11.2. The predicted octanol–water partition coefficient (Wildman–Crippen LogP) is 4.58. The van der Waals surface area contributed by atoms with Crippen LogP contribution in [0, 0.1) is 53.3 Å². The van der Waals surface area contributed by atoms with E-state index in [-0.39, 0.29) is 42.6 Å². The first-order valence-corrected chi connectivity index (χ1v) is 12.5. The Morgan fingerprint density at radius 1 is 0.900 bits per heavy atom. The van der Waals surface area contributed by atoms with Crippen LogP contribution in [0.4, 0.5) is 0 Å². The molecule has 6 aliphatic rings. The molecule has 0 aromatic rings. The van der Waals surface area contributed by atoms with Crippen molar-refractivity contribution < 1.29 is 23.8 Å². The first kappa shape index (κ1) is 20.8. The minimum Gasteiger partial charge on any atom is -0.462 e. The summed E-state index contributed by atoms with van der Waals surface area (Å²) in [6.07, 6.45) is 10.5. The molecule has 5 heteroatoms. The van der Waals surface area contributed by atoms with Crippen molar-refractivity contribution in [3.63, 3.8) is 0 Å². The van der Waals surface area contributed by atoms with Crippen LogP contribution in [0.1, 0.15) is 71.6 Å². The number of esters is 2. The van der Waals surface area contributed by atoms with Gasteiger partial charge >= 0.3 is 11.9 Å². The zero-order valence-electron chi connectivity index (χ0n) is 18.6. The molecular formula is C25H38O5. The van der Waals surface area contributed by atoms with Gasteiger partial charge in [0.1, 0.15) is 6.10 Å². The number of fused-ring (bicyclic) bond motifs is 2. The van der Waals surface area contributed by atoms with E-state index in [0.29, 0.717) is 11.8 Å². The summed E-state index contributed by atoms with van der Waals surface area (Å²) in [5.74, 6) is 4.41. The molecule has 0 aliphatic heterocycles. The van der Waals surface area contributed by atoms with Crippen molar-refractivity contribution in [3.05, 3.63) is 0 Å². The first-order chi connectivity index (χ1) is 14.5. The summed E-state index contributed by atoms with van der Waals surface area (Å²) in [6, 6.07) is 0. The molecule has 0 amide bonds. The summed E-state index contributed by atoms with van der Waals surface area (Å²) >= 11 is 0. The molecule has 0 spiro atoms. The van der Waals surface area contributed by atoms with E-state index < -0.39 is 0 Å². The number of ether oxygens (including phenoxy) is 3. The normalized spacial score (nSPS) is 44.3. The maximum atomic E-state index is 12.7. The Morgan fingerprint density at radius 2 is 1.57 bits per heavy atom. The number of carbonyl (C=O) groups excluding carboxylic acids is 2. The third kappa shape index (κ3) is 3.91. The summed E-state index contributed by atoms with van der Waals surface area (Å²) < 4.78 is 17.2. The van der Waals surface area contributed by atoms with Crippen molar-refractivity contribution in [2.75, 3.05) is 13.4 Å². The molecule has 0 saturated heterocycles. The third-order valence-corrected chi connectivity index (χ3v) is 9.35. The molecular weight excluding hydrogens is 380 g/mol. The molecule has 6 bridgehead atoms. The summed E-state index contributed by atoms with van der Waals surface area (Å²) in [6.45, 7) is 4.72. The number of hydrogen-bond acceptors (Lipinski definition) is 5. The highest BCUT2D eigenvalue weighted by Crippen LogP contribution is 2.56. The van der Waals surface area contributed by atoms with Crippen molar-refractivity contribution in [1.29, 1.82) is 0 Å². The van der Waals surface area contributed by atoms with Crippen molar-refractivity contribution in [2.45, 2.75) is 77.7 Å². The van der Waals surface area contributed by atoms with E-state index in [4.69, 9.17) is 14.2 Å². The van der Waals surface area contributed by atoms with Crippen LogP contribution in [0.5, 0.6) is 0 Å². The van der Waals surface area contributed by atoms with Crippen LogP contribution in [0.15, 0.2) is 0 Å². The van der Waals surface area contributed by atoms with Gasteiger partial charge in [0.05, 0.1) is 18.4 Å². The Hall–Kier alpha value is -1.10. The second kappa shape index (κ2) is 8.44. The van der Waals surface area contributed by atoms with Gasteiger partial charge in [-0.25, -0.2) is 0 Å². The molecule has 30 heavy (non-hydrogen) atoms. The molecule has 6 rings (SSSR count). The van der Waals surface area contributed by atoms with Crippen LogP contribution in [0.25, 0.3) is 0 Å². The number of hydrogen-bond donors (Lipinski definition) is 0. The van der Waals surface area contributed by atoms with E-state index in [2.05, 4.69) is 0 Å². The van der Waals surface area contributed by atoms with E-state index >= 15 is 0 Å². The lowest BCUT2D eigenvalue weighted by Gasteiger charge is -2.54. The van der Waals surface area contributed by atoms with Crippen LogP contribution in [-0.2, 0) is 23.8 Å². The first-order valence-electron chi connectivity index (χ1n) is 12.5. The third-order valence-electron chi connectivity index (χ3n) is 9.35. The molecule has 0 aromatic heterocycles. The topological polar surface area (TPSA) is 61.8 Å². The predicted molar refractivity (Wildman–Crippen MR) is 111 cm³/mol. The van der Waals surface area contributed by atoms with Gasteiger partial charge in [-0.05, 0) is 93.3 Å². The quantitative estimate of drug-likeness (QED) is 0.328. The fraction of sp³-hybridized carbons (Fsp3) is 0.920. The zero-order chi connectivity index (χ0) is 20.8. The van der Waals surface area contributed by atoms with Gasteiger partial charge in [0.15, 0.2) is 6.79 Å². The minimum atomic E-state index is -0.156. The number of rotatable bonds is 8. The monoisotopic (exact) mass is 418 g/mol. The van der Waals surface area contributed by atoms with E-state index in [1.165, 1.54) is 32.1 Å². The molecule has 6 saturated carbocycles. The van der Waals surface area contributed by atoms with Gasteiger partial charge in [-0.3, -0.25) is 9.59 Å². The summed E-state index contributed by atoms with van der Waals surface area (Å²) in [4.78, 5) is 24.9. The maximum Gasteiger partial charge on any atom is 0.311 e. The molecule has 5 nitrogen and oxygen atoms in total. The Kier molecular flexibility index (Phi) is 5.85. The number of carbonyl (C=O) groups is 2. The molecule has 168 valence electrons. The highest BCUT2D eigenvalue weighted by molar-refractivity contribution is 5.74. The summed E-state index contributed by atoms with van der Waals surface area (Å²) in [5, 5.41) is 0. The zero-order valence-corrected chi connectivity index (χ0v) is 18.6. The van der Waals surface area contributed by atoms with E-state index in [1.807, 2.05) is 13.8 Å². The van der Waals surface area contributed by atoms with E-state index in [9.17, 15) is 9.59 Å². The Bertz CT molecular complexity index is 632. The smallest absolute Gasteiger partial charge is 0.311 e. The Morgan fingerprint density at radius 3 is 2.20 bits per heavy atom. The molecule has 0 N–H and O–H groups in total.